The minimum Gasteiger partial charge on any atom is -0.479 e. The molecule has 0 spiro atoms. The van der Waals surface area contributed by atoms with Crippen molar-refractivity contribution in [1.29, 1.82) is 0 Å². The number of carboxylic acids is 1. The van der Waals surface area contributed by atoms with Crippen molar-refractivity contribution in [3.63, 3.8) is 0 Å². The van der Waals surface area contributed by atoms with Crippen LogP contribution in [0.25, 0.3) is 0 Å². The summed E-state index contributed by atoms with van der Waals surface area (Å²) < 4.78 is 0. The number of aliphatic carboxylic acids is 1. The Hall–Kier alpha value is -0.320. The lowest BCUT2D eigenvalue weighted by Crippen LogP contribution is -2.28. The number of carboxylic acid groups (broad SMARTS) is 1. The normalized spacial score (nSPS) is 13.2. The van der Waals surface area contributed by atoms with Gasteiger partial charge < -0.3 is 10.2 Å². The van der Waals surface area contributed by atoms with Crippen LogP contribution in [0.5, 0.6) is 0 Å². The van der Waals surface area contributed by atoms with E-state index in [1.807, 2.05) is 4.84 Å². The van der Waals surface area contributed by atoms with Crippen LogP contribution in [0, 0.1) is 0 Å². The fourth-order valence-corrected chi connectivity index (χ4v) is 0.307. The molecule has 0 aliphatic heterocycles. The Morgan fingerprint density at radius 1 is 1.88 bits per heavy atom. The van der Waals surface area contributed by atoms with Crippen molar-refractivity contribution < 1.29 is 15.0 Å². The van der Waals surface area contributed by atoms with Gasteiger partial charge >= 0.3 is 5.97 Å². The molecule has 0 aromatic heterocycles. The summed E-state index contributed by atoms with van der Waals surface area (Å²) in [7, 11) is 0. The molecule has 0 aliphatic carbocycles. The van der Waals surface area contributed by atoms with Gasteiger partial charge in [0.05, 0.1) is 0 Å². The second-order valence-corrected chi connectivity index (χ2v) is 1.46. The lowest BCUT2D eigenvalue weighted by Gasteiger charge is -1.99. The molecule has 0 radical (unpaired) electrons. The molecule has 5 heteroatoms. The predicted octanol–water partition coefficient (Wildman–Crippen LogP) is -0.825. The van der Waals surface area contributed by atoms with E-state index in [0.29, 0.717) is 0 Å². The smallest absolute Gasteiger partial charge is 0.333 e. The van der Waals surface area contributed by atoms with Crippen molar-refractivity contribution in [3.05, 3.63) is 0 Å². The SMILES string of the molecule is O=C(O)[C@H](O)CNCl. The molecule has 3 N–H and O–H groups in total. The number of hydrogen-bond acceptors (Lipinski definition) is 3. The van der Waals surface area contributed by atoms with E-state index in [-0.39, 0.29) is 6.54 Å². The highest BCUT2D eigenvalue weighted by molar-refractivity contribution is 6.13. The Kier molecular flexibility index (Phi) is 3.51. The summed E-state index contributed by atoms with van der Waals surface area (Å²) in [5, 5.41) is 16.3. The summed E-state index contributed by atoms with van der Waals surface area (Å²) in [5.41, 5.74) is 0. The van der Waals surface area contributed by atoms with E-state index in [9.17, 15) is 4.79 Å². The maximum atomic E-state index is 9.74. The van der Waals surface area contributed by atoms with Gasteiger partial charge in [-0.3, -0.25) is 0 Å². The van der Waals surface area contributed by atoms with Gasteiger partial charge in [-0.2, -0.15) is 0 Å². The summed E-state index contributed by atoms with van der Waals surface area (Å²) in [5.74, 6) is -1.28. The average Bonchev–Trinajstić information content (AvgIpc) is 1.67. The van der Waals surface area contributed by atoms with Gasteiger partial charge in [-0.25, -0.2) is 9.63 Å². The quantitative estimate of drug-likeness (QED) is 0.447. The van der Waals surface area contributed by atoms with Gasteiger partial charge in [0.25, 0.3) is 0 Å². The predicted molar refractivity (Wildman–Crippen MR) is 27.5 cm³/mol. The van der Waals surface area contributed by atoms with Gasteiger partial charge in [0.2, 0.25) is 0 Å². The molecule has 0 saturated heterocycles. The van der Waals surface area contributed by atoms with Crippen molar-refractivity contribution in [3.8, 4) is 0 Å². The number of rotatable bonds is 3. The molecule has 0 fully saturated rings. The van der Waals surface area contributed by atoms with Gasteiger partial charge in [-0.1, -0.05) is 0 Å². The topological polar surface area (TPSA) is 69.6 Å². The van der Waals surface area contributed by atoms with E-state index >= 15 is 0 Å². The van der Waals surface area contributed by atoms with Crippen molar-refractivity contribution in [2.75, 3.05) is 6.54 Å². The van der Waals surface area contributed by atoms with Crippen molar-refractivity contribution in [1.82, 2.24) is 4.84 Å². The third-order valence-electron chi connectivity index (χ3n) is 0.556. The number of aliphatic hydroxyl groups is 1. The average molecular weight is 140 g/mol. The minimum atomic E-state index is -1.41. The Balaban J connectivity index is 3.32. The van der Waals surface area contributed by atoms with Crippen LogP contribution in [0.15, 0.2) is 0 Å². The lowest BCUT2D eigenvalue weighted by molar-refractivity contribution is -0.146. The van der Waals surface area contributed by atoms with Crippen LogP contribution in [0.1, 0.15) is 0 Å². The highest BCUT2D eigenvalue weighted by Gasteiger charge is 2.10. The first-order chi connectivity index (χ1) is 3.68. The monoisotopic (exact) mass is 139 g/mol. The van der Waals surface area contributed by atoms with E-state index in [1.54, 1.807) is 0 Å². The molecular weight excluding hydrogens is 133 g/mol. The third-order valence-corrected chi connectivity index (χ3v) is 0.710. The molecule has 0 saturated carbocycles. The molecule has 0 bridgehead atoms. The zero-order valence-electron chi connectivity index (χ0n) is 3.97. The van der Waals surface area contributed by atoms with Crippen LogP contribution in [0.3, 0.4) is 0 Å². The van der Waals surface area contributed by atoms with Crippen LogP contribution in [-0.4, -0.2) is 28.8 Å². The van der Waals surface area contributed by atoms with E-state index in [2.05, 4.69) is 0 Å². The molecule has 0 heterocycles. The van der Waals surface area contributed by atoms with Crippen molar-refractivity contribution in [2.24, 2.45) is 0 Å². The van der Waals surface area contributed by atoms with E-state index in [4.69, 9.17) is 22.0 Å². The Morgan fingerprint density at radius 3 is 2.50 bits per heavy atom. The maximum absolute atomic E-state index is 9.74. The number of hydrogen-bond donors (Lipinski definition) is 3. The number of aliphatic hydroxyl groups excluding tert-OH is 1. The zero-order chi connectivity index (χ0) is 6.57. The standard InChI is InChI=1S/C3H6ClNO3/c4-5-1-2(6)3(7)8/h2,5-6H,1H2,(H,7,8)/t2-/m1/s1. The highest BCUT2D eigenvalue weighted by Crippen LogP contribution is 1.78. The summed E-state index contributed by atoms with van der Waals surface area (Å²) in [6.45, 7) is -0.142. The van der Waals surface area contributed by atoms with Crippen LogP contribution in [0.2, 0.25) is 0 Å². The van der Waals surface area contributed by atoms with Crippen molar-refractivity contribution >= 4 is 17.7 Å². The first-order valence-corrected chi connectivity index (χ1v) is 2.30. The summed E-state index contributed by atoms with van der Waals surface area (Å²) >= 11 is 4.87. The molecule has 0 rings (SSSR count). The Labute approximate surface area is 51.2 Å². The van der Waals surface area contributed by atoms with Crippen LogP contribution in [-0.2, 0) is 4.79 Å². The van der Waals surface area contributed by atoms with Crippen LogP contribution in [0.4, 0.5) is 0 Å². The van der Waals surface area contributed by atoms with Gasteiger partial charge in [-0.15, -0.1) is 0 Å². The van der Waals surface area contributed by atoms with Gasteiger partial charge in [0, 0.05) is 6.54 Å². The number of nitrogens with one attached hydrogen (secondary N) is 1. The second-order valence-electron chi connectivity index (χ2n) is 1.19. The molecule has 48 valence electrons. The fourth-order valence-electron chi connectivity index (χ4n) is 0.160. The molecule has 0 aromatic rings. The molecule has 1 atom stereocenters. The Bertz CT molecular complexity index is 86.6. The molecule has 0 aliphatic rings. The number of carbonyl (C=O) groups is 1. The van der Waals surface area contributed by atoms with Gasteiger partial charge in [0.15, 0.2) is 6.10 Å². The molecule has 8 heavy (non-hydrogen) atoms. The molecule has 0 unspecified atom stereocenters. The maximum Gasteiger partial charge on any atom is 0.333 e. The zero-order valence-corrected chi connectivity index (χ0v) is 4.72. The highest BCUT2D eigenvalue weighted by atomic mass is 35.5. The fraction of sp³-hybridized carbons (Fsp3) is 0.667. The molecule has 0 amide bonds. The second kappa shape index (κ2) is 3.65. The minimum absolute atomic E-state index is 0.142. The number of halogens is 1. The van der Waals surface area contributed by atoms with E-state index in [0.717, 1.165) is 0 Å². The first-order valence-electron chi connectivity index (χ1n) is 1.93. The third kappa shape index (κ3) is 2.79. The van der Waals surface area contributed by atoms with E-state index in [1.165, 1.54) is 0 Å². The lowest BCUT2D eigenvalue weighted by atomic mass is 10.4. The summed E-state index contributed by atoms with van der Waals surface area (Å²) in [4.78, 5) is 11.7. The summed E-state index contributed by atoms with van der Waals surface area (Å²) in [6.07, 6.45) is -1.41. The van der Waals surface area contributed by atoms with Crippen LogP contribution >= 0.6 is 11.8 Å². The summed E-state index contributed by atoms with van der Waals surface area (Å²) in [6, 6.07) is 0. The van der Waals surface area contributed by atoms with Gasteiger partial charge in [-0.05, 0) is 11.8 Å². The van der Waals surface area contributed by atoms with Crippen molar-refractivity contribution in [2.45, 2.75) is 6.10 Å². The van der Waals surface area contributed by atoms with Crippen LogP contribution < -0.4 is 4.84 Å². The largest absolute Gasteiger partial charge is 0.479 e. The van der Waals surface area contributed by atoms with E-state index < -0.39 is 12.1 Å². The molecular formula is C3H6ClNO3. The van der Waals surface area contributed by atoms with Gasteiger partial charge in [0.1, 0.15) is 0 Å². The molecule has 4 nitrogen and oxygen atoms in total. The first kappa shape index (κ1) is 7.68. The molecule has 0 aromatic carbocycles. The Morgan fingerprint density at radius 2 is 2.38 bits per heavy atom.